The fraction of sp³-hybridized carbons (Fsp3) is 0.583. The Kier molecular flexibility index (Phi) is 4.54. The molecule has 6 heteroatoms. The molecule has 2 heterocycles. The highest BCUT2D eigenvalue weighted by atomic mass is 32.2. The molecule has 1 amide bonds. The van der Waals surface area contributed by atoms with Gasteiger partial charge in [0.25, 0.3) is 0 Å². The first-order chi connectivity index (χ1) is 8.69. The van der Waals surface area contributed by atoms with Crippen LogP contribution in [0.15, 0.2) is 11.2 Å². The minimum atomic E-state index is 0.0710. The maximum Gasteiger partial charge on any atom is 0.228 e. The molecule has 0 aromatic carbocycles. The van der Waals surface area contributed by atoms with E-state index in [0.29, 0.717) is 11.0 Å². The number of rotatable bonds is 3. The molecule has 1 aromatic heterocycles. The zero-order chi connectivity index (χ0) is 13.0. The summed E-state index contributed by atoms with van der Waals surface area (Å²) in [7, 11) is 0. The Morgan fingerprint density at radius 2 is 2.17 bits per heavy atom. The molecule has 0 spiro atoms. The first-order valence-corrected chi connectivity index (χ1v) is 7.33. The van der Waals surface area contributed by atoms with Crippen LogP contribution in [0.1, 0.15) is 18.5 Å². The number of amides is 1. The van der Waals surface area contributed by atoms with Gasteiger partial charge in [0.05, 0.1) is 0 Å². The normalized spacial score (nSPS) is 16.6. The zero-order valence-corrected chi connectivity index (χ0v) is 11.5. The molecule has 0 atom stereocenters. The summed E-state index contributed by atoms with van der Waals surface area (Å²) in [4.78, 5) is 20.6. The number of nitrogens with zero attached hydrogens (tertiary/aromatic N) is 2. The van der Waals surface area contributed by atoms with E-state index in [-0.39, 0.29) is 11.8 Å². The number of carbonyl (C=O) groups is 1. The van der Waals surface area contributed by atoms with Crippen molar-refractivity contribution in [2.75, 3.05) is 24.7 Å². The second-order valence-corrected chi connectivity index (χ2v) is 5.17. The summed E-state index contributed by atoms with van der Waals surface area (Å²) in [6.45, 7) is 3.73. The van der Waals surface area contributed by atoms with Crippen LogP contribution in [-0.2, 0) is 4.79 Å². The zero-order valence-electron chi connectivity index (χ0n) is 10.7. The Morgan fingerprint density at radius 1 is 1.44 bits per heavy atom. The van der Waals surface area contributed by atoms with E-state index in [2.05, 4.69) is 20.6 Å². The summed E-state index contributed by atoms with van der Waals surface area (Å²) >= 11 is 1.48. The first-order valence-electron chi connectivity index (χ1n) is 6.10. The molecule has 1 aliphatic rings. The first kappa shape index (κ1) is 13.3. The maximum atomic E-state index is 12.1. The van der Waals surface area contributed by atoms with Crippen LogP contribution in [0.2, 0.25) is 0 Å². The summed E-state index contributed by atoms with van der Waals surface area (Å²) < 4.78 is 0. The molecule has 1 aliphatic heterocycles. The molecular weight excluding hydrogens is 248 g/mol. The van der Waals surface area contributed by atoms with Gasteiger partial charge in [-0.15, -0.1) is 0 Å². The molecule has 0 bridgehead atoms. The van der Waals surface area contributed by atoms with Gasteiger partial charge in [-0.05, 0) is 39.1 Å². The van der Waals surface area contributed by atoms with E-state index in [0.717, 1.165) is 31.6 Å². The molecule has 1 fully saturated rings. The topological polar surface area (TPSA) is 66.9 Å². The highest BCUT2D eigenvalue weighted by molar-refractivity contribution is 7.98. The number of carbonyl (C=O) groups excluding carboxylic acids is 1. The van der Waals surface area contributed by atoms with E-state index < -0.39 is 0 Å². The Balaban J connectivity index is 2.03. The number of thioether (sulfide) groups is 1. The average Bonchev–Trinajstić information content (AvgIpc) is 2.39. The molecule has 5 nitrogen and oxygen atoms in total. The number of hydrogen-bond acceptors (Lipinski definition) is 5. The van der Waals surface area contributed by atoms with E-state index in [1.807, 2.05) is 13.2 Å². The van der Waals surface area contributed by atoms with Crippen molar-refractivity contribution in [2.45, 2.75) is 24.9 Å². The molecule has 0 unspecified atom stereocenters. The van der Waals surface area contributed by atoms with Gasteiger partial charge in [-0.1, -0.05) is 11.8 Å². The maximum absolute atomic E-state index is 12.1. The lowest BCUT2D eigenvalue weighted by Gasteiger charge is -2.21. The van der Waals surface area contributed by atoms with Gasteiger partial charge in [-0.25, -0.2) is 9.97 Å². The number of anilines is 1. The van der Waals surface area contributed by atoms with E-state index in [4.69, 9.17) is 0 Å². The molecule has 0 saturated carbocycles. The predicted octanol–water partition coefficient (Wildman–Crippen LogP) is 1.45. The Bertz CT molecular complexity index is 432. The summed E-state index contributed by atoms with van der Waals surface area (Å²) in [6.07, 6.45) is 3.71. The van der Waals surface area contributed by atoms with Crippen LogP contribution in [0, 0.1) is 12.8 Å². The lowest BCUT2D eigenvalue weighted by atomic mass is 9.97. The van der Waals surface area contributed by atoms with Gasteiger partial charge in [0.2, 0.25) is 5.91 Å². The van der Waals surface area contributed by atoms with Gasteiger partial charge in [-0.2, -0.15) is 0 Å². The van der Waals surface area contributed by atoms with Crippen molar-refractivity contribution in [1.29, 1.82) is 0 Å². The molecule has 1 aromatic rings. The highest BCUT2D eigenvalue weighted by Crippen LogP contribution is 2.17. The van der Waals surface area contributed by atoms with Gasteiger partial charge in [-0.3, -0.25) is 4.79 Å². The summed E-state index contributed by atoms with van der Waals surface area (Å²) in [5.41, 5.74) is 0.870. The van der Waals surface area contributed by atoms with Crippen molar-refractivity contribution >= 4 is 23.5 Å². The predicted molar refractivity (Wildman–Crippen MR) is 72.8 cm³/mol. The molecule has 0 aliphatic carbocycles. The largest absolute Gasteiger partial charge is 0.317 e. The van der Waals surface area contributed by atoms with Crippen molar-refractivity contribution in [3.63, 3.8) is 0 Å². The highest BCUT2D eigenvalue weighted by Gasteiger charge is 2.21. The summed E-state index contributed by atoms with van der Waals surface area (Å²) in [5, 5.41) is 6.84. The van der Waals surface area contributed by atoms with E-state index >= 15 is 0 Å². The number of aromatic nitrogens is 2. The number of hydrogen-bond donors (Lipinski definition) is 2. The van der Waals surface area contributed by atoms with Crippen molar-refractivity contribution < 1.29 is 4.79 Å². The SMILES string of the molecule is CSc1nc(C)cc(NC(=O)C2CCNCC2)n1. The monoisotopic (exact) mass is 266 g/mol. The van der Waals surface area contributed by atoms with Crippen molar-refractivity contribution in [2.24, 2.45) is 5.92 Å². The Labute approximate surface area is 111 Å². The number of piperidine rings is 1. The summed E-state index contributed by atoms with van der Waals surface area (Å²) in [5.74, 6) is 0.774. The van der Waals surface area contributed by atoms with Gasteiger partial charge >= 0.3 is 0 Å². The average molecular weight is 266 g/mol. The van der Waals surface area contributed by atoms with E-state index in [1.165, 1.54) is 11.8 Å². The minimum Gasteiger partial charge on any atom is -0.317 e. The second-order valence-electron chi connectivity index (χ2n) is 4.39. The molecule has 18 heavy (non-hydrogen) atoms. The third-order valence-corrected chi connectivity index (χ3v) is 3.53. The van der Waals surface area contributed by atoms with Gasteiger partial charge in [0.1, 0.15) is 5.82 Å². The second kappa shape index (κ2) is 6.15. The van der Waals surface area contributed by atoms with Crippen LogP contribution < -0.4 is 10.6 Å². The fourth-order valence-corrected chi connectivity index (χ4v) is 2.43. The molecule has 1 saturated heterocycles. The fourth-order valence-electron chi connectivity index (χ4n) is 2.01. The van der Waals surface area contributed by atoms with E-state index in [9.17, 15) is 4.79 Å². The third-order valence-electron chi connectivity index (χ3n) is 2.98. The number of nitrogens with one attached hydrogen (secondary N) is 2. The van der Waals surface area contributed by atoms with Gasteiger partial charge in [0, 0.05) is 17.7 Å². The lowest BCUT2D eigenvalue weighted by molar-refractivity contribution is -0.120. The molecule has 0 radical (unpaired) electrons. The van der Waals surface area contributed by atoms with Crippen LogP contribution in [0.5, 0.6) is 0 Å². The third kappa shape index (κ3) is 3.43. The Hall–Kier alpha value is -1.14. The number of aryl methyl sites for hydroxylation is 1. The molecule has 98 valence electrons. The van der Waals surface area contributed by atoms with Gasteiger partial charge < -0.3 is 10.6 Å². The quantitative estimate of drug-likeness (QED) is 0.640. The van der Waals surface area contributed by atoms with Crippen molar-refractivity contribution in [1.82, 2.24) is 15.3 Å². The van der Waals surface area contributed by atoms with Crippen molar-refractivity contribution in [3.8, 4) is 0 Å². The van der Waals surface area contributed by atoms with Crippen LogP contribution in [0.4, 0.5) is 5.82 Å². The molecular formula is C12H18N4OS. The summed E-state index contributed by atoms with van der Waals surface area (Å²) in [6, 6.07) is 1.80. The van der Waals surface area contributed by atoms with Crippen LogP contribution in [0.3, 0.4) is 0 Å². The molecule has 2 rings (SSSR count). The van der Waals surface area contributed by atoms with Crippen LogP contribution >= 0.6 is 11.8 Å². The lowest BCUT2D eigenvalue weighted by Crippen LogP contribution is -2.34. The van der Waals surface area contributed by atoms with Gasteiger partial charge in [0.15, 0.2) is 5.16 Å². The van der Waals surface area contributed by atoms with Crippen LogP contribution in [-0.4, -0.2) is 35.2 Å². The Morgan fingerprint density at radius 3 is 2.83 bits per heavy atom. The van der Waals surface area contributed by atoms with Crippen molar-refractivity contribution in [3.05, 3.63) is 11.8 Å². The van der Waals surface area contributed by atoms with Crippen LogP contribution in [0.25, 0.3) is 0 Å². The van der Waals surface area contributed by atoms with E-state index in [1.54, 1.807) is 6.07 Å². The smallest absolute Gasteiger partial charge is 0.228 e. The minimum absolute atomic E-state index is 0.0710. The standard InChI is InChI=1S/C12H18N4OS/c1-8-7-10(16-12(14-8)18-2)15-11(17)9-3-5-13-6-4-9/h7,9,13H,3-6H2,1-2H3,(H,14,15,16,17). The molecule has 2 N–H and O–H groups in total.